The Bertz CT molecular complexity index is 1530. The van der Waals surface area contributed by atoms with Crippen molar-refractivity contribution in [2.75, 3.05) is 25.1 Å². The summed E-state index contributed by atoms with van der Waals surface area (Å²) in [5.41, 5.74) is 1.79. The molecule has 0 aliphatic rings. The minimum atomic E-state index is -4.13. The lowest BCUT2D eigenvalue weighted by Gasteiger charge is -2.26. The Morgan fingerprint density at radius 1 is 0.825 bits per heavy atom. The lowest BCUT2D eigenvalue weighted by molar-refractivity contribution is -0.119. The van der Waals surface area contributed by atoms with Gasteiger partial charge in [0.2, 0.25) is 5.91 Å². The van der Waals surface area contributed by atoms with Gasteiger partial charge in [-0.3, -0.25) is 9.10 Å². The number of hydrogen-bond donors (Lipinski definition) is 1. The van der Waals surface area contributed by atoms with E-state index in [0.717, 1.165) is 15.4 Å². The SMILES string of the molecule is COc1ccc(OC)c(N(CC(=O)NCc2ccc(OCc3ccc(F)cc3)cc2)S(=O)(=O)c2ccccc2)c1. The van der Waals surface area contributed by atoms with Gasteiger partial charge in [0, 0.05) is 12.6 Å². The predicted molar refractivity (Wildman–Crippen MR) is 150 cm³/mol. The Balaban J connectivity index is 1.46. The first-order chi connectivity index (χ1) is 19.3. The molecule has 0 saturated heterocycles. The number of sulfonamides is 1. The molecule has 4 rings (SSSR count). The number of nitrogens with one attached hydrogen (secondary N) is 1. The van der Waals surface area contributed by atoms with Crippen LogP contribution in [0.3, 0.4) is 0 Å². The summed E-state index contributed by atoms with van der Waals surface area (Å²) in [7, 11) is -1.24. The maximum atomic E-state index is 13.6. The zero-order valence-electron chi connectivity index (χ0n) is 22.0. The number of benzene rings is 4. The van der Waals surface area contributed by atoms with Crippen molar-refractivity contribution in [1.82, 2.24) is 5.32 Å². The van der Waals surface area contributed by atoms with Crippen LogP contribution in [0.1, 0.15) is 11.1 Å². The van der Waals surface area contributed by atoms with Crippen molar-refractivity contribution in [3.63, 3.8) is 0 Å². The van der Waals surface area contributed by atoms with Crippen LogP contribution in [0.15, 0.2) is 102 Å². The van der Waals surface area contributed by atoms with Crippen molar-refractivity contribution in [2.24, 2.45) is 0 Å². The average molecular weight is 565 g/mol. The zero-order chi connectivity index (χ0) is 28.5. The molecule has 10 heteroatoms. The van der Waals surface area contributed by atoms with Crippen LogP contribution in [-0.4, -0.2) is 35.1 Å². The third-order valence-corrected chi connectivity index (χ3v) is 7.78. The number of rotatable bonds is 12. The van der Waals surface area contributed by atoms with Gasteiger partial charge in [-0.25, -0.2) is 12.8 Å². The van der Waals surface area contributed by atoms with E-state index in [1.54, 1.807) is 66.7 Å². The van der Waals surface area contributed by atoms with Gasteiger partial charge < -0.3 is 19.5 Å². The monoisotopic (exact) mass is 564 g/mol. The van der Waals surface area contributed by atoms with E-state index >= 15 is 0 Å². The Labute approximate surface area is 233 Å². The molecule has 0 spiro atoms. The van der Waals surface area contributed by atoms with Crippen LogP contribution in [0.4, 0.5) is 10.1 Å². The molecule has 1 amide bonds. The second kappa shape index (κ2) is 13.0. The van der Waals surface area contributed by atoms with Gasteiger partial charge in [0.05, 0.1) is 24.8 Å². The molecule has 1 N–H and O–H groups in total. The molecule has 0 bridgehead atoms. The molecule has 0 atom stereocenters. The van der Waals surface area contributed by atoms with Gasteiger partial charge in [0.25, 0.3) is 10.0 Å². The number of nitrogens with zero attached hydrogens (tertiary/aromatic N) is 1. The van der Waals surface area contributed by atoms with Crippen LogP contribution in [-0.2, 0) is 28.0 Å². The summed E-state index contributed by atoms with van der Waals surface area (Å²) in [5, 5.41) is 2.78. The second-order valence-electron chi connectivity index (χ2n) is 8.70. The third-order valence-electron chi connectivity index (χ3n) is 6.00. The van der Waals surface area contributed by atoms with Gasteiger partial charge in [-0.15, -0.1) is 0 Å². The van der Waals surface area contributed by atoms with E-state index in [9.17, 15) is 17.6 Å². The van der Waals surface area contributed by atoms with Crippen LogP contribution in [0.2, 0.25) is 0 Å². The van der Waals surface area contributed by atoms with Crippen molar-refractivity contribution in [1.29, 1.82) is 0 Å². The molecule has 4 aromatic carbocycles. The smallest absolute Gasteiger partial charge is 0.264 e. The van der Waals surface area contributed by atoms with Crippen LogP contribution >= 0.6 is 0 Å². The molecule has 0 radical (unpaired) electrons. The van der Waals surface area contributed by atoms with Crippen LogP contribution in [0, 0.1) is 5.82 Å². The topological polar surface area (TPSA) is 94.2 Å². The molecule has 0 aliphatic heterocycles. The fourth-order valence-corrected chi connectivity index (χ4v) is 5.29. The summed E-state index contributed by atoms with van der Waals surface area (Å²) in [6.07, 6.45) is 0. The van der Waals surface area contributed by atoms with Crippen LogP contribution < -0.4 is 23.8 Å². The maximum Gasteiger partial charge on any atom is 0.264 e. The van der Waals surface area contributed by atoms with E-state index in [4.69, 9.17) is 14.2 Å². The fraction of sp³-hybridized carbons (Fsp3) is 0.167. The molecule has 0 heterocycles. The van der Waals surface area contributed by atoms with Crippen molar-refractivity contribution in [2.45, 2.75) is 18.0 Å². The predicted octanol–water partition coefficient (Wildman–Crippen LogP) is 4.93. The van der Waals surface area contributed by atoms with E-state index < -0.39 is 22.5 Å². The number of halogens is 1. The summed E-state index contributed by atoms with van der Waals surface area (Å²) >= 11 is 0. The molecule has 0 saturated carbocycles. The highest BCUT2D eigenvalue weighted by atomic mass is 32.2. The number of amides is 1. The molecule has 4 aromatic rings. The van der Waals surface area contributed by atoms with Crippen LogP contribution in [0.25, 0.3) is 0 Å². The molecule has 0 aliphatic carbocycles. The van der Waals surface area contributed by atoms with E-state index in [1.165, 1.54) is 44.6 Å². The molecular formula is C30H29FN2O6S. The lowest BCUT2D eigenvalue weighted by atomic mass is 10.2. The van der Waals surface area contributed by atoms with Gasteiger partial charge in [-0.05, 0) is 59.7 Å². The van der Waals surface area contributed by atoms with Gasteiger partial charge in [0.1, 0.15) is 36.2 Å². The summed E-state index contributed by atoms with van der Waals surface area (Å²) in [5.74, 6) is 0.472. The fourth-order valence-electron chi connectivity index (χ4n) is 3.85. The summed E-state index contributed by atoms with van der Waals surface area (Å²) in [6, 6.07) is 25.8. The standard InChI is InChI=1S/C30H29FN2O6S/c1-37-26-16-17-29(38-2)28(18-26)33(40(35,36)27-6-4-3-5-7-27)20-30(34)32-19-22-10-14-25(15-11-22)39-21-23-8-12-24(31)13-9-23/h3-18H,19-21H2,1-2H3,(H,32,34). The van der Waals surface area contributed by atoms with Gasteiger partial charge in [-0.1, -0.05) is 42.5 Å². The lowest BCUT2D eigenvalue weighted by Crippen LogP contribution is -2.40. The molecule has 0 aromatic heterocycles. The first-order valence-corrected chi connectivity index (χ1v) is 13.8. The Kier molecular flexibility index (Phi) is 9.23. The van der Waals surface area contributed by atoms with E-state index in [1.807, 2.05) is 0 Å². The highest BCUT2D eigenvalue weighted by molar-refractivity contribution is 7.92. The molecule has 0 unspecified atom stereocenters. The number of methoxy groups -OCH3 is 2. The highest BCUT2D eigenvalue weighted by Gasteiger charge is 2.29. The van der Waals surface area contributed by atoms with Crippen molar-refractivity contribution in [3.05, 3.63) is 114 Å². The normalized spacial score (nSPS) is 11.0. The minimum Gasteiger partial charge on any atom is -0.497 e. The number of carbonyl (C=O) groups excluding carboxylic acids is 1. The largest absolute Gasteiger partial charge is 0.497 e. The molecule has 40 heavy (non-hydrogen) atoms. The zero-order valence-corrected chi connectivity index (χ0v) is 22.9. The highest BCUT2D eigenvalue weighted by Crippen LogP contribution is 2.35. The number of ether oxygens (including phenoxy) is 3. The summed E-state index contributed by atoms with van der Waals surface area (Å²) in [6.45, 7) is -0.0268. The van der Waals surface area contributed by atoms with Gasteiger partial charge >= 0.3 is 0 Å². The minimum absolute atomic E-state index is 0.0314. The Hall–Kier alpha value is -4.57. The van der Waals surface area contributed by atoms with E-state index in [2.05, 4.69) is 5.32 Å². The average Bonchev–Trinajstić information content (AvgIpc) is 2.99. The molecule has 0 fully saturated rings. The van der Waals surface area contributed by atoms with E-state index in [-0.39, 0.29) is 35.3 Å². The number of carbonyl (C=O) groups is 1. The van der Waals surface area contributed by atoms with Gasteiger partial charge in [0.15, 0.2) is 0 Å². The van der Waals surface area contributed by atoms with Crippen molar-refractivity contribution < 1.29 is 31.8 Å². The van der Waals surface area contributed by atoms with Crippen molar-refractivity contribution in [3.8, 4) is 17.2 Å². The quantitative estimate of drug-likeness (QED) is 0.262. The molecule has 8 nitrogen and oxygen atoms in total. The number of hydrogen-bond acceptors (Lipinski definition) is 6. The first kappa shape index (κ1) is 28.4. The summed E-state index contributed by atoms with van der Waals surface area (Å²) < 4.78 is 57.8. The first-order valence-electron chi connectivity index (χ1n) is 12.3. The Morgan fingerprint density at radius 2 is 1.48 bits per heavy atom. The summed E-state index contributed by atoms with van der Waals surface area (Å²) in [4.78, 5) is 13.1. The Morgan fingerprint density at radius 3 is 2.12 bits per heavy atom. The van der Waals surface area contributed by atoms with Crippen molar-refractivity contribution >= 4 is 21.6 Å². The number of anilines is 1. The second-order valence-corrected chi connectivity index (χ2v) is 10.6. The van der Waals surface area contributed by atoms with E-state index in [0.29, 0.717) is 11.5 Å². The van der Waals surface area contributed by atoms with Crippen LogP contribution in [0.5, 0.6) is 17.2 Å². The third kappa shape index (κ3) is 7.09. The molecular weight excluding hydrogens is 535 g/mol. The maximum absolute atomic E-state index is 13.6. The van der Waals surface area contributed by atoms with Gasteiger partial charge in [-0.2, -0.15) is 0 Å². The molecule has 208 valence electrons.